The lowest BCUT2D eigenvalue weighted by Gasteiger charge is -2.16. The summed E-state index contributed by atoms with van der Waals surface area (Å²) in [5.74, 6) is -0.551. The predicted molar refractivity (Wildman–Crippen MR) is 73.0 cm³/mol. The van der Waals surface area contributed by atoms with Crippen LogP contribution < -0.4 is 10.1 Å². The first-order valence-corrected chi connectivity index (χ1v) is 6.85. The highest BCUT2D eigenvalue weighted by atomic mass is 19.4. The number of carbonyl (C=O) groups excluding carboxylic acids is 1. The van der Waals surface area contributed by atoms with Crippen molar-refractivity contribution in [3.05, 3.63) is 29.8 Å². The van der Waals surface area contributed by atoms with Gasteiger partial charge in [-0.2, -0.15) is 0 Å². The fourth-order valence-electron chi connectivity index (χ4n) is 2.37. The van der Waals surface area contributed by atoms with Crippen LogP contribution in [0.25, 0.3) is 0 Å². The summed E-state index contributed by atoms with van der Waals surface area (Å²) in [5.41, 5.74) is 0.555. The molecule has 1 aromatic carbocycles. The molecule has 126 valence electrons. The zero-order valence-electron chi connectivity index (χ0n) is 12.0. The molecule has 0 unspecified atom stereocenters. The van der Waals surface area contributed by atoms with E-state index in [0.29, 0.717) is 25.1 Å². The molecule has 1 atom stereocenters. The van der Waals surface area contributed by atoms with Crippen LogP contribution in [0.15, 0.2) is 24.3 Å². The van der Waals surface area contributed by atoms with Gasteiger partial charge in [0.25, 0.3) is 0 Å². The van der Waals surface area contributed by atoms with Crippen molar-refractivity contribution < 1.29 is 32.6 Å². The molecule has 1 fully saturated rings. The van der Waals surface area contributed by atoms with Crippen molar-refractivity contribution >= 4 is 12.0 Å². The van der Waals surface area contributed by atoms with Crippen LogP contribution >= 0.6 is 0 Å². The molecule has 0 aromatic heterocycles. The van der Waals surface area contributed by atoms with Crippen LogP contribution in [-0.2, 0) is 11.2 Å². The summed E-state index contributed by atoms with van der Waals surface area (Å²) in [7, 11) is 0. The lowest BCUT2D eigenvalue weighted by molar-refractivity contribution is -0.274. The molecule has 1 aromatic rings. The Morgan fingerprint density at radius 1 is 1.30 bits per heavy atom. The number of rotatable bonds is 4. The number of halogens is 3. The van der Waals surface area contributed by atoms with E-state index in [2.05, 4.69) is 10.1 Å². The number of likely N-dealkylation sites (tertiary alicyclic amines) is 1. The van der Waals surface area contributed by atoms with Crippen molar-refractivity contribution in [1.82, 2.24) is 10.2 Å². The molecule has 9 heteroatoms. The molecule has 0 aliphatic carbocycles. The third kappa shape index (κ3) is 5.35. The van der Waals surface area contributed by atoms with Crippen LogP contribution in [-0.4, -0.2) is 47.5 Å². The highest BCUT2D eigenvalue weighted by Crippen LogP contribution is 2.23. The van der Waals surface area contributed by atoms with E-state index >= 15 is 0 Å². The summed E-state index contributed by atoms with van der Waals surface area (Å²) < 4.78 is 39.9. The average molecular weight is 332 g/mol. The SMILES string of the molecule is O=C(O)N[C@H]1CCN(C(=O)Cc2ccc(OC(F)(F)F)cc2)C1. The lowest BCUT2D eigenvalue weighted by Crippen LogP contribution is -2.38. The number of hydrogen-bond acceptors (Lipinski definition) is 3. The Bertz CT molecular complexity index is 574. The third-order valence-corrected chi connectivity index (χ3v) is 3.38. The summed E-state index contributed by atoms with van der Waals surface area (Å²) in [6.07, 6.45) is -5.31. The number of carbonyl (C=O) groups is 2. The van der Waals surface area contributed by atoms with E-state index in [9.17, 15) is 22.8 Å². The highest BCUT2D eigenvalue weighted by molar-refractivity contribution is 5.79. The minimum atomic E-state index is -4.75. The number of nitrogens with zero attached hydrogens (tertiary/aromatic N) is 1. The zero-order valence-corrected chi connectivity index (χ0v) is 12.0. The number of nitrogens with one attached hydrogen (secondary N) is 1. The average Bonchev–Trinajstić information content (AvgIpc) is 2.87. The van der Waals surface area contributed by atoms with E-state index < -0.39 is 12.5 Å². The van der Waals surface area contributed by atoms with E-state index in [1.165, 1.54) is 17.0 Å². The molecule has 2 N–H and O–H groups in total. The van der Waals surface area contributed by atoms with E-state index in [1.54, 1.807) is 0 Å². The molecule has 0 saturated carbocycles. The van der Waals surface area contributed by atoms with Gasteiger partial charge in [-0.1, -0.05) is 12.1 Å². The highest BCUT2D eigenvalue weighted by Gasteiger charge is 2.31. The molecule has 2 rings (SSSR count). The smallest absolute Gasteiger partial charge is 0.465 e. The van der Waals surface area contributed by atoms with Crippen LogP contribution in [0.5, 0.6) is 5.75 Å². The summed E-state index contributed by atoms with van der Waals surface area (Å²) in [6, 6.07) is 4.78. The predicted octanol–water partition coefficient (Wildman–Crippen LogP) is 2.00. The first-order chi connectivity index (χ1) is 10.7. The largest absolute Gasteiger partial charge is 0.573 e. The van der Waals surface area contributed by atoms with Crippen LogP contribution in [0.1, 0.15) is 12.0 Å². The van der Waals surface area contributed by atoms with Crippen molar-refractivity contribution in [2.24, 2.45) is 0 Å². The molecule has 0 bridgehead atoms. The maximum absolute atomic E-state index is 12.1. The standard InChI is InChI=1S/C14H15F3N2O4/c15-14(16,17)23-11-3-1-9(2-4-11)7-12(20)19-6-5-10(8-19)18-13(21)22/h1-4,10,18H,5-8H2,(H,21,22)/t10-/m0/s1. The first-order valence-electron chi connectivity index (χ1n) is 6.85. The second-order valence-corrected chi connectivity index (χ2v) is 5.14. The molecule has 1 heterocycles. The van der Waals surface area contributed by atoms with Crippen LogP contribution in [0.3, 0.4) is 0 Å². The lowest BCUT2D eigenvalue weighted by atomic mass is 10.1. The Morgan fingerprint density at radius 3 is 2.52 bits per heavy atom. The molecule has 1 aliphatic heterocycles. The maximum atomic E-state index is 12.1. The van der Waals surface area contributed by atoms with Gasteiger partial charge in [-0.15, -0.1) is 13.2 Å². The molecule has 0 spiro atoms. The Hall–Kier alpha value is -2.45. The Kier molecular flexibility index (Phi) is 4.97. The molecule has 1 saturated heterocycles. The Labute approximate surface area is 129 Å². The van der Waals surface area contributed by atoms with Crippen LogP contribution in [0.4, 0.5) is 18.0 Å². The molecule has 23 heavy (non-hydrogen) atoms. The summed E-state index contributed by atoms with van der Waals surface area (Å²) >= 11 is 0. The third-order valence-electron chi connectivity index (χ3n) is 3.38. The Morgan fingerprint density at radius 2 is 1.96 bits per heavy atom. The van der Waals surface area contributed by atoms with Gasteiger partial charge in [-0.05, 0) is 24.1 Å². The van der Waals surface area contributed by atoms with E-state index in [1.807, 2.05) is 0 Å². The van der Waals surface area contributed by atoms with Gasteiger partial charge in [0.2, 0.25) is 5.91 Å². The van der Waals surface area contributed by atoms with Gasteiger partial charge in [0.1, 0.15) is 5.75 Å². The molecule has 2 amide bonds. The number of ether oxygens (including phenoxy) is 1. The summed E-state index contributed by atoms with van der Waals surface area (Å²) in [4.78, 5) is 24.2. The number of hydrogen-bond donors (Lipinski definition) is 2. The molecular formula is C14H15F3N2O4. The van der Waals surface area contributed by atoms with Crippen molar-refractivity contribution in [3.8, 4) is 5.75 Å². The number of amides is 2. The summed E-state index contributed by atoms with van der Waals surface area (Å²) in [6.45, 7) is 0.736. The van der Waals surface area contributed by atoms with Gasteiger partial charge in [0.05, 0.1) is 12.5 Å². The molecule has 6 nitrogen and oxygen atoms in total. The summed E-state index contributed by atoms with van der Waals surface area (Å²) in [5, 5.41) is 11.0. The molecule has 1 aliphatic rings. The van der Waals surface area contributed by atoms with E-state index in [4.69, 9.17) is 5.11 Å². The minimum absolute atomic E-state index is 0.0338. The normalized spacial score (nSPS) is 17.9. The quantitative estimate of drug-likeness (QED) is 0.884. The van der Waals surface area contributed by atoms with Crippen LogP contribution in [0.2, 0.25) is 0 Å². The van der Waals surface area contributed by atoms with Crippen LogP contribution in [0, 0.1) is 0 Å². The fraction of sp³-hybridized carbons (Fsp3) is 0.429. The topological polar surface area (TPSA) is 78.9 Å². The molecule has 0 radical (unpaired) electrons. The number of carboxylic acid groups (broad SMARTS) is 1. The van der Waals surface area contributed by atoms with Crippen molar-refractivity contribution in [2.45, 2.75) is 25.2 Å². The van der Waals surface area contributed by atoms with Crippen molar-refractivity contribution in [3.63, 3.8) is 0 Å². The maximum Gasteiger partial charge on any atom is 0.573 e. The first kappa shape index (κ1) is 16.9. The van der Waals surface area contributed by atoms with Gasteiger partial charge in [0, 0.05) is 13.1 Å². The Balaban J connectivity index is 1.87. The van der Waals surface area contributed by atoms with Crippen molar-refractivity contribution in [1.29, 1.82) is 0 Å². The monoisotopic (exact) mass is 332 g/mol. The number of alkyl halides is 3. The second-order valence-electron chi connectivity index (χ2n) is 5.14. The van der Waals surface area contributed by atoms with Gasteiger partial charge in [-0.25, -0.2) is 4.79 Å². The van der Waals surface area contributed by atoms with Gasteiger partial charge in [0.15, 0.2) is 0 Å². The van der Waals surface area contributed by atoms with Gasteiger partial charge in [-0.3, -0.25) is 4.79 Å². The second kappa shape index (κ2) is 6.76. The fourth-order valence-corrected chi connectivity index (χ4v) is 2.37. The van der Waals surface area contributed by atoms with Gasteiger partial charge >= 0.3 is 12.5 Å². The van der Waals surface area contributed by atoms with Crippen molar-refractivity contribution in [2.75, 3.05) is 13.1 Å². The van der Waals surface area contributed by atoms with E-state index in [0.717, 1.165) is 12.1 Å². The molecular weight excluding hydrogens is 317 g/mol. The van der Waals surface area contributed by atoms with Gasteiger partial charge < -0.3 is 20.1 Å². The number of benzene rings is 1. The minimum Gasteiger partial charge on any atom is -0.465 e. The zero-order chi connectivity index (χ0) is 17.0. The van der Waals surface area contributed by atoms with E-state index in [-0.39, 0.29) is 24.1 Å².